The summed E-state index contributed by atoms with van der Waals surface area (Å²) in [7, 11) is 0. The van der Waals surface area contributed by atoms with Crippen molar-refractivity contribution in [1.29, 1.82) is 0 Å². The minimum absolute atomic E-state index is 0.0554. The van der Waals surface area contributed by atoms with Crippen LogP contribution in [0.25, 0.3) is 0 Å². The van der Waals surface area contributed by atoms with Crippen LogP contribution in [-0.2, 0) is 4.79 Å². The minimum atomic E-state index is -1.50. The van der Waals surface area contributed by atoms with Gasteiger partial charge in [-0.15, -0.1) is 0 Å². The van der Waals surface area contributed by atoms with Gasteiger partial charge in [0.1, 0.15) is 0 Å². The van der Waals surface area contributed by atoms with Crippen molar-refractivity contribution in [1.82, 2.24) is 4.90 Å². The van der Waals surface area contributed by atoms with E-state index < -0.39 is 11.6 Å². The zero-order chi connectivity index (χ0) is 11.0. The van der Waals surface area contributed by atoms with Crippen LogP contribution in [0, 0.1) is 0 Å². The van der Waals surface area contributed by atoms with Crippen LogP contribution in [0.3, 0.4) is 0 Å². The summed E-state index contributed by atoms with van der Waals surface area (Å²) in [5.41, 5.74) is -1.44. The van der Waals surface area contributed by atoms with Crippen LogP contribution in [-0.4, -0.2) is 45.3 Å². The number of hydrogen-bond donors (Lipinski definition) is 2. The molecule has 0 unspecified atom stereocenters. The number of likely N-dealkylation sites (tertiary alicyclic amines) is 1. The molecule has 1 rings (SSSR count). The standard InChI is InChI=1S/C10H19NO3/c1-9(2,3)11-6-4-10(14,5-7-11)8(12)13/h14H,4-7H2,1-3H3,(H,12,13). The highest BCUT2D eigenvalue weighted by Crippen LogP contribution is 2.26. The van der Waals surface area contributed by atoms with Gasteiger partial charge in [0.15, 0.2) is 5.60 Å². The molecule has 0 amide bonds. The molecular formula is C10H19NO3. The second kappa shape index (κ2) is 3.51. The van der Waals surface area contributed by atoms with Gasteiger partial charge in [0, 0.05) is 18.6 Å². The molecule has 4 heteroatoms. The summed E-state index contributed by atoms with van der Waals surface area (Å²) in [6.07, 6.45) is 0.638. The molecule has 1 heterocycles. The van der Waals surface area contributed by atoms with E-state index in [4.69, 9.17) is 5.11 Å². The van der Waals surface area contributed by atoms with Gasteiger partial charge in [-0.25, -0.2) is 4.79 Å². The molecule has 0 aliphatic carbocycles. The summed E-state index contributed by atoms with van der Waals surface area (Å²) in [6.45, 7) is 7.58. The van der Waals surface area contributed by atoms with Crippen LogP contribution in [0.2, 0.25) is 0 Å². The summed E-state index contributed by atoms with van der Waals surface area (Å²) >= 11 is 0. The van der Waals surface area contributed by atoms with Crippen molar-refractivity contribution < 1.29 is 15.0 Å². The number of aliphatic hydroxyl groups is 1. The van der Waals surface area contributed by atoms with Crippen LogP contribution in [0.5, 0.6) is 0 Å². The van der Waals surface area contributed by atoms with E-state index in [1.165, 1.54) is 0 Å². The molecule has 1 aliphatic rings. The largest absolute Gasteiger partial charge is 0.479 e. The molecule has 82 valence electrons. The van der Waals surface area contributed by atoms with E-state index in [1.807, 2.05) is 0 Å². The lowest BCUT2D eigenvalue weighted by molar-refractivity contribution is -0.164. The van der Waals surface area contributed by atoms with E-state index in [1.54, 1.807) is 0 Å². The van der Waals surface area contributed by atoms with Gasteiger partial charge >= 0.3 is 5.97 Å². The molecule has 0 radical (unpaired) electrons. The quantitative estimate of drug-likeness (QED) is 0.655. The van der Waals surface area contributed by atoms with E-state index in [2.05, 4.69) is 25.7 Å². The maximum Gasteiger partial charge on any atom is 0.335 e. The highest BCUT2D eigenvalue weighted by molar-refractivity contribution is 5.77. The van der Waals surface area contributed by atoms with Crippen molar-refractivity contribution in [3.8, 4) is 0 Å². The Labute approximate surface area is 84.5 Å². The van der Waals surface area contributed by atoms with Gasteiger partial charge in [-0.3, -0.25) is 4.90 Å². The summed E-state index contributed by atoms with van der Waals surface area (Å²) in [5.74, 6) is -1.09. The molecule has 1 aliphatic heterocycles. The monoisotopic (exact) mass is 201 g/mol. The zero-order valence-corrected chi connectivity index (χ0v) is 9.08. The van der Waals surface area contributed by atoms with E-state index in [9.17, 15) is 9.90 Å². The van der Waals surface area contributed by atoms with Crippen molar-refractivity contribution >= 4 is 5.97 Å². The minimum Gasteiger partial charge on any atom is -0.479 e. The second-order valence-corrected chi connectivity index (χ2v) is 4.99. The molecule has 14 heavy (non-hydrogen) atoms. The molecular weight excluding hydrogens is 182 g/mol. The molecule has 0 saturated carbocycles. The molecule has 0 aromatic heterocycles. The zero-order valence-electron chi connectivity index (χ0n) is 9.08. The lowest BCUT2D eigenvalue weighted by Gasteiger charge is -2.42. The van der Waals surface area contributed by atoms with Crippen LogP contribution < -0.4 is 0 Å². The molecule has 0 bridgehead atoms. The maximum absolute atomic E-state index is 10.8. The summed E-state index contributed by atoms with van der Waals surface area (Å²) in [6, 6.07) is 0. The molecule has 0 spiro atoms. The summed E-state index contributed by atoms with van der Waals surface area (Å²) in [5, 5.41) is 18.5. The fraction of sp³-hybridized carbons (Fsp3) is 0.900. The van der Waals surface area contributed by atoms with Crippen LogP contribution in [0.15, 0.2) is 0 Å². The first-order valence-electron chi connectivity index (χ1n) is 4.96. The Morgan fingerprint density at radius 1 is 1.29 bits per heavy atom. The highest BCUT2D eigenvalue weighted by Gasteiger charge is 2.41. The Bertz CT molecular complexity index is 224. The maximum atomic E-state index is 10.8. The lowest BCUT2D eigenvalue weighted by atomic mass is 9.89. The van der Waals surface area contributed by atoms with Crippen molar-refractivity contribution in [3.05, 3.63) is 0 Å². The Morgan fingerprint density at radius 3 is 2.00 bits per heavy atom. The van der Waals surface area contributed by atoms with E-state index in [0.29, 0.717) is 25.9 Å². The van der Waals surface area contributed by atoms with Gasteiger partial charge in [0.25, 0.3) is 0 Å². The molecule has 0 aromatic carbocycles. The van der Waals surface area contributed by atoms with Gasteiger partial charge in [0.2, 0.25) is 0 Å². The number of carboxylic acid groups (broad SMARTS) is 1. The molecule has 0 aromatic rings. The van der Waals surface area contributed by atoms with Gasteiger partial charge < -0.3 is 10.2 Å². The number of hydrogen-bond acceptors (Lipinski definition) is 3. The first kappa shape index (κ1) is 11.5. The van der Waals surface area contributed by atoms with Crippen LogP contribution >= 0.6 is 0 Å². The molecule has 1 fully saturated rings. The van der Waals surface area contributed by atoms with Crippen molar-refractivity contribution in [3.63, 3.8) is 0 Å². The Balaban J connectivity index is 2.59. The highest BCUT2D eigenvalue weighted by atomic mass is 16.4. The normalized spacial score (nSPS) is 23.4. The fourth-order valence-corrected chi connectivity index (χ4v) is 1.76. The van der Waals surface area contributed by atoms with Gasteiger partial charge in [-0.1, -0.05) is 0 Å². The molecule has 0 atom stereocenters. The SMILES string of the molecule is CC(C)(C)N1CCC(O)(C(=O)O)CC1. The predicted molar refractivity (Wildman–Crippen MR) is 53.1 cm³/mol. The Hall–Kier alpha value is -0.610. The first-order chi connectivity index (χ1) is 6.26. The number of nitrogens with zero attached hydrogens (tertiary/aromatic N) is 1. The van der Waals surface area contributed by atoms with Crippen molar-refractivity contribution in [2.75, 3.05) is 13.1 Å². The average molecular weight is 201 g/mol. The molecule has 1 saturated heterocycles. The molecule has 4 nitrogen and oxygen atoms in total. The van der Waals surface area contributed by atoms with E-state index in [0.717, 1.165) is 0 Å². The number of carboxylic acids is 1. The number of rotatable bonds is 1. The third-order valence-corrected chi connectivity index (χ3v) is 2.94. The van der Waals surface area contributed by atoms with Crippen molar-refractivity contribution in [2.45, 2.75) is 44.8 Å². The average Bonchev–Trinajstić information content (AvgIpc) is 2.03. The fourth-order valence-electron chi connectivity index (χ4n) is 1.76. The second-order valence-electron chi connectivity index (χ2n) is 4.99. The number of aliphatic carboxylic acids is 1. The van der Waals surface area contributed by atoms with E-state index in [-0.39, 0.29) is 5.54 Å². The van der Waals surface area contributed by atoms with Gasteiger partial charge in [-0.2, -0.15) is 0 Å². The van der Waals surface area contributed by atoms with Gasteiger partial charge in [0.05, 0.1) is 0 Å². The third-order valence-electron chi connectivity index (χ3n) is 2.94. The lowest BCUT2D eigenvalue weighted by Crippen LogP contribution is -2.54. The molecule has 2 N–H and O–H groups in total. The van der Waals surface area contributed by atoms with Gasteiger partial charge in [-0.05, 0) is 33.6 Å². The number of carbonyl (C=O) groups is 1. The topological polar surface area (TPSA) is 60.8 Å². The van der Waals surface area contributed by atoms with Crippen LogP contribution in [0.4, 0.5) is 0 Å². The summed E-state index contributed by atoms with van der Waals surface area (Å²) in [4.78, 5) is 13.0. The van der Waals surface area contributed by atoms with Crippen LogP contribution in [0.1, 0.15) is 33.6 Å². The Morgan fingerprint density at radius 2 is 1.71 bits per heavy atom. The predicted octanol–water partition coefficient (Wildman–Crippen LogP) is 0.696. The summed E-state index contributed by atoms with van der Waals surface area (Å²) < 4.78 is 0. The smallest absolute Gasteiger partial charge is 0.335 e. The van der Waals surface area contributed by atoms with Crippen molar-refractivity contribution in [2.24, 2.45) is 0 Å². The number of piperidine rings is 1. The first-order valence-corrected chi connectivity index (χ1v) is 4.96. The third kappa shape index (κ3) is 2.25. The Kier molecular flexibility index (Phi) is 2.88. The van der Waals surface area contributed by atoms with E-state index >= 15 is 0 Å².